The Balaban J connectivity index is 1.65. The van der Waals surface area contributed by atoms with Gasteiger partial charge in [0.1, 0.15) is 0 Å². The van der Waals surface area contributed by atoms with E-state index in [-0.39, 0.29) is 18.4 Å². The van der Waals surface area contributed by atoms with E-state index < -0.39 is 5.41 Å². The second-order valence-corrected chi connectivity index (χ2v) is 7.44. The number of carbonyl (C=O) groups is 2. The van der Waals surface area contributed by atoms with Crippen LogP contribution in [0.25, 0.3) is 0 Å². The highest BCUT2D eigenvalue weighted by molar-refractivity contribution is 6.30. The smallest absolute Gasteiger partial charge is 0.242 e. The predicted molar refractivity (Wildman–Crippen MR) is 101 cm³/mol. The average molecular weight is 372 g/mol. The summed E-state index contributed by atoms with van der Waals surface area (Å²) in [7, 11) is 0. The van der Waals surface area contributed by atoms with Gasteiger partial charge in [0.2, 0.25) is 11.8 Å². The number of piperazine rings is 1. The van der Waals surface area contributed by atoms with Gasteiger partial charge in [-0.1, -0.05) is 29.8 Å². The van der Waals surface area contributed by atoms with Crippen molar-refractivity contribution in [1.29, 1.82) is 0 Å². The summed E-state index contributed by atoms with van der Waals surface area (Å²) in [5.41, 5.74) is 0.970. The molecular weight excluding hydrogens is 350 g/mol. The molecule has 3 rings (SSSR count). The Morgan fingerprint density at radius 2 is 1.88 bits per heavy atom. The molecule has 0 atom stereocenters. The van der Waals surface area contributed by atoms with Gasteiger partial charge < -0.3 is 9.80 Å². The van der Waals surface area contributed by atoms with Crippen molar-refractivity contribution in [2.45, 2.75) is 25.8 Å². The molecule has 0 bridgehead atoms. The molecule has 0 unspecified atom stereocenters. The van der Waals surface area contributed by atoms with Crippen LogP contribution in [0.1, 0.15) is 25.1 Å². The first-order valence-electron chi connectivity index (χ1n) is 8.61. The van der Waals surface area contributed by atoms with Crippen LogP contribution in [0.2, 0.25) is 5.02 Å². The Kier molecular flexibility index (Phi) is 5.28. The molecule has 136 valence electrons. The van der Waals surface area contributed by atoms with Crippen molar-refractivity contribution in [2.24, 2.45) is 0 Å². The van der Waals surface area contributed by atoms with E-state index in [2.05, 4.69) is 4.98 Å². The second kappa shape index (κ2) is 7.46. The summed E-state index contributed by atoms with van der Waals surface area (Å²) in [5, 5.41) is 0.673. The van der Waals surface area contributed by atoms with Gasteiger partial charge in [-0.2, -0.15) is 0 Å². The van der Waals surface area contributed by atoms with Crippen molar-refractivity contribution in [2.75, 3.05) is 19.6 Å². The molecule has 5 nitrogen and oxygen atoms in total. The van der Waals surface area contributed by atoms with E-state index in [1.807, 2.05) is 56.3 Å². The Morgan fingerprint density at radius 3 is 2.50 bits per heavy atom. The van der Waals surface area contributed by atoms with Gasteiger partial charge in [0.05, 0.1) is 17.7 Å². The van der Waals surface area contributed by atoms with Crippen LogP contribution in [-0.4, -0.2) is 46.2 Å². The van der Waals surface area contributed by atoms with Crippen LogP contribution in [0.4, 0.5) is 0 Å². The van der Waals surface area contributed by atoms with Crippen molar-refractivity contribution in [3.05, 3.63) is 64.9 Å². The van der Waals surface area contributed by atoms with Crippen molar-refractivity contribution in [1.82, 2.24) is 14.8 Å². The third-order valence-corrected chi connectivity index (χ3v) is 4.98. The fourth-order valence-corrected chi connectivity index (χ4v) is 3.22. The number of nitrogens with zero attached hydrogens (tertiary/aromatic N) is 3. The van der Waals surface area contributed by atoms with E-state index >= 15 is 0 Å². The number of rotatable bonds is 4. The van der Waals surface area contributed by atoms with Crippen LogP contribution in [0.5, 0.6) is 0 Å². The standard InChI is InChI=1S/C20H22ClN3O2/c1-20(2,17-5-3-4-10-22-17)19(26)24-12-11-23(18(25)14-24)13-15-6-8-16(21)9-7-15/h3-10H,11-14H2,1-2H3. The molecule has 0 spiro atoms. The lowest BCUT2D eigenvalue weighted by atomic mass is 9.86. The van der Waals surface area contributed by atoms with Crippen molar-refractivity contribution >= 4 is 23.4 Å². The third-order valence-electron chi connectivity index (χ3n) is 4.73. The molecule has 2 amide bonds. The maximum atomic E-state index is 13.0. The van der Waals surface area contributed by atoms with E-state index in [0.29, 0.717) is 30.4 Å². The van der Waals surface area contributed by atoms with Crippen LogP contribution in [-0.2, 0) is 21.5 Å². The van der Waals surface area contributed by atoms with Crippen LogP contribution >= 0.6 is 11.6 Å². The summed E-state index contributed by atoms with van der Waals surface area (Å²) in [6.45, 7) is 5.37. The van der Waals surface area contributed by atoms with Gasteiger partial charge in [0, 0.05) is 30.9 Å². The quantitative estimate of drug-likeness (QED) is 0.830. The fourth-order valence-electron chi connectivity index (χ4n) is 3.10. The van der Waals surface area contributed by atoms with Crippen molar-refractivity contribution in [3.63, 3.8) is 0 Å². The van der Waals surface area contributed by atoms with Gasteiger partial charge >= 0.3 is 0 Å². The summed E-state index contributed by atoms with van der Waals surface area (Å²) >= 11 is 5.90. The Labute approximate surface area is 158 Å². The van der Waals surface area contributed by atoms with Gasteiger partial charge in [-0.15, -0.1) is 0 Å². The molecule has 1 saturated heterocycles. The molecule has 1 aromatic carbocycles. The van der Waals surface area contributed by atoms with Gasteiger partial charge in [-0.3, -0.25) is 14.6 Å². The monoisotopic (exact) mass is 371 g/mol. The number of halogens is 1. The third kappa shape index (κ3) is 3.88. The molecule has 26 heavy (non-hydrogen) atoms. The van der Waals surface area contributed by atoms with Gasteiger partial charge in [-0.05, 0) is 43.7 Å². The average Bonchev–Trinajstić information content (AvgIpc) is 2.65. The Bertz CT molecular complexity index is 790. The summed E-state index contributed by atoms with van der Waals surface area (Å²) in [5.74, 6) is -0.118. The largest absolute Gasteiger partial charge is 0.335 e. The highest BCUT2D eigenvalue weighted by atomic mass is 35.5. The molecule has 0 N–H and O–H groups in total. The minimum absolute atomic E-state index is 0.0450. The number of carbonyl (C=O) groups excluding carboxylic acids is 2. The molecular formula is C20H22ClN3O2. The van der Waals surface area contributed by atoms with Gasteiger partial charge in [0.15, 0.2) is 0 Å². The molecule has 0 saturated carbocycles. The van der Waals surface area contributed by atoms with Crippen LogP contribution in [0.15, 0.2) is 48.7 Å². The van der Waals surface area contributed by atoms with E-state index in [9.17, 15) is 9.59 Å². The topological polar surface area (TPSA) is 53.5 Å². The summed E-state index contributed by atoms with van der Waals surface area (Å²) < 4.78 is 0. The zero-order valence-corrected chi connectivity index (χ0v) is 15.7. The number of aromatic nitrogens is 1. The molecule has 0 aliphatic carbocycles. The van der Waals surface area contributed by atoms with Crippen LogP contribution < -0.4 is 0 Å². The number of pyridine rings is 1. The van der Waals surface area contributed by atoms with Gasteiger partial charge in [0.25, 0.3) is 0 Å². The lowest BCUT2D eigenvalue weighted by Crippen LogP contribution is -2.55. The van der Waals surface area contributed by atoms with Crippen LogP contribution in [0.3, 0.4) is 0 Å². The minimum atomic E-state index is -0.764. The molecule has 1 aliphatic heterocycles. The highest BCUT2D eigenvalue weighted by Crippen LogP contribution is 2.25. The number of benzene rings is 1. The predicted octanol–water partition coefficient (Wildman–Crippen LogP) is 2.88. The minimum Gasteiger partial charge on any atom is -0.335 e. The van der Waals surface area contributed by atoms with Crippen molar-refractivity contribution < 1.29 is 9.59 Å². The zero-order chi connectivity index (χ0) is 18.7. The highest BCUT2D eigenvalue weighted by Gasteiger charge is 2.38. The molecule has 1 fully saturated rings. The lowest BCUT2D eigenvalue weighted by molar-refractivity contribution is -0.148. The van der Waals surface area contributed by atoms with E-state index in [1.54, 1.807) is 16.0 Å². The SMILES string of the molecule is CC(C)(C(=O)N1CCN(Cc2ccc(Cl)cc2)C(=O)C1)c1ccccn1. The van der Waals surface area contributed by atoms with E-state index in [4.69, 9.17) is 11.6 Å². The summed E-state index contributed by atoms with van der Waals surface area (Å²) in [6.07, 6.45) is 1.68. The van der Waals surface area contributed by atoms with Crippen molar-refractivity contribution in [3.8, 4) is 0 Å². The Morgan fingerprint density at radius 1 is 1.15 bits per heavy atom. The number of hydrogen-bond acceptors (Lipinski definition) is 3. The lowest BCUT2D eigenvalue weighted by Gasteiger charge is -2.38. The first-order chi connectivity index (χ1) is 12.4. The maximum absolute atomic E-state index is 13.0. The van der Waals surface area contributed by atoms with E-state index in [1.165, 1.54) is 0 Å². The summed E-state index contributed by atoms with van der Waals surface area (Å²) in [6, 6.07) is 13.0. The zero-order valence-electron chi connectivity index (χ0n) is 15.0. The first kappa shape index (κ1) is 18.4. The second-order valence-electron chi connectivity index (χ2n) is 7.01. The molecule has 2 heterocycles. The molecule has 0 radical (unpaired) electrons. The Hall–Kier alpha value is -2.40. The van der Waals surface area contributed by atoms with Gasteiger partial charge in [-0.25, -0.2) is 0 Å². The number of amides is 2. The number of hydrogen-bond donors (Lipinski definition) is 0. The fraction of sp³-hybridized carbons (Fsp3) is 0.350. The van der Waals surface area contributed by atoms with Crippen LogP contribution in [0, 0.1) is 0 Å². The van der Waals surface area contributed by atoms with E-state index in [0.717, 1.165) is 5.56 Å². The molecule has 2 aromatic rings. The maximum Gasteiger partial charge on any atom is 0.242 e. The normalized spacial score (nSPS) is 15.3. The first-order valence-corrected chi connectivity index (χ1v) is 8.99. The molecule has 1 aromatic heterocycles. The molecule has 6 heteroatoms. The molecule has 1 aliphatic rings. The summed E-state index contributed by atoms with van der Waals surface area (Å²) in [4.78, 5) is 33.2.